The summed E-state index contributed by atoms with van der Waals surface area (Å²) in [6.45, 7) is 11.0. The number of nitrogens with zero attached hydrogens (tertiary/aromatic N) is 1. The summed E-state index contributed by atoms with van der Waals surface area (Å²) in [4.78, 5) is 53.2. The van der Waals surface area contributed by atoms with Gasteiger partial charge in [-0.15, -0.1) is 0 Å². The van der Waals surface area contributed by atoms with Crippen LogP contribution in [0, 0.1) is 6.92 Å². The van der Waals surface area contributed by atoms with Gasteiger partial charge in [0.2, 0.25) is 5.91 Å². The van der Waals surface area contributed by atoms with Crippen molar-refractivity contribution >= 4 is 23.7 Å². The van der Waals surface area contributed by atoms with Gasteiger partial charge in [0.25, 0.3) is 5.56 Å². The Morgan fingerprint density at radius 1 is 0.816 bits per heavy atom. The minimum atomic E-state index is -1.08. The predicted octanol–water partition coefficient (Wildman–Crippen LogP) is 6.31. The van der Waals surface area contributed by atoms with E-state index in [9.17, 15) is 19.2 Å². The molecular formula is C39H45N3O7. The number of carbonyl (C=O) groups is 3. The van der Waals surface area contributed by atoms with E-state index in [4.69, 9.17) is 14.2 Å². The van der Waals surface area contributed by atoms with Crippen LogP contribution in [0.5, 0.6) is 5.75 Å². The molecule has 0 bridgehead atoms. The van der Waals surface area contributed by atoms with Crippen LogP contribution < -0.4 is 20.9 Å². The number of amides is 2. The van der Waals surface area contributed by atoms with Crippen LogP contribution in [-0.2, 0) is 44.1 Å². The molecule has 3 aromatic carbocycles. The highest BCUT2D eigenvalue weighted by Crippen LogP contribution is 2.26. The third-order valence-corrected chi connectivity index (χ3v) is 7.98. The van der Waals surface area contributed by atoms with Crippen LogP contribution in [0.15, 0.2) is 95.9 Å². The summed E-state index contributed by atoms with van der Waals surface area (Å²) in [5.74, 6) is -0.248. The standard InChI is InChI=1S/C39H45N3O7/c1-26-21-22-42(24-28-15-19-31(47-7)20-16-28)35(44)33(26)41-34(43)32(40-37(46)49-38(2,3)4)23-27-13-17-30(18-14-27)39(5,6)36(45)48-25-29-11-9-8-10-12-29/h8-22,32H,23-25H2,1-7H3,(H,40,46)(H,41,43)/t32-/m0/s1. The normalized spacial score (nSPS) is 12.1. The number of ether oxygens (including phenoxy) is 3. The van der Waals surface area contributed by atoms with Crippen molar-refractivity contribution < 1.29 is 28.6 Å². The van der Waals surface area contributed by atoms with Crippen LogP contribution in [0.4, 0.5) is 10.5 Å². The smallest absolute Gasteiger partial charge is 0.408 e. The van der Waals surface area contributed by atoms with E-state index in [1.54, 1.807) is 85.2 Å². The molecule has 10 heteroatoms. The summed E-state index contributed by atoms with van der Waals surface area (Å²) in [6, 6.07) is 24.7. The van der Waals surface area contributed by atoms with Gasteiger partial charge in [-0.3, -0.25) is 14.4 Å². The summed E-state index contributed by atoms with van der Waals surface area (Å²) >= 11 is 0. The minimum absolute atomic E-state index is 0.0934. The lowest BCUT2D eigenvalue weighted by Crippen LogP contribution is -2.47. The van der Waals surface area contributed by atoms with E-state index in [0.29, 0.717) is 11.3 Å². The highest BCUT2D eigenvalue weighted by Gasteiger charge is 2.32. The molecule has 0 unspecified atom stereocenters. The Bertz CT molecular complexity index is 1810. The number of alkyl carbamates (subject to hydrolysis) is 1. The van der Waals surface area contributed by atoms with Gasteiger partial charge in [0.1, 0.15) is 29.7 Å². The van der Waals surface area contributed by atoms with Gasteiger partial charge in [0.05, 0.1) is 19.1 Å². The van der Waals surface area contributed by atoms with Gasteiger partial charge < -0.3 is 29.4 Å². The zero-order valence-electron chi connectivity index (χ0n) is 29.2. The van der Waals surface area contributed by atoms with E-state index in [1.807, 2.05) is 54.6 Å². The monoisotopic (exact) mass is 667 g/mol. The Morgan fingerprint density at radius 3 is 2.06 bits per heavy atom. The Morgan fingerprint density at radius 2 is 1.45 bits per heavy atom. The summed E-state index contributed by atoms with van der Waals surface area (Å²) in [5, 5.41) is 5.44. The van der Waals surface area contributed by atoms with E-state index in [-0.39, 0.29) is 36.8 Å². The molecule has 2 amide bonds. The Kier molecular flexibility index (Phi) is 11.7. The van der Waals surface area contributed by atoms with E-state index in [0.717, 1.165) is 22.3 Å². The number of esters is 1. The van der Waals surface area contributed by atoms with Gasteiger partial charge in [-0.05, 0) is 87.6 Å². The molecule has 1 heterocycles. The first-order chi connectivity index (χ1) is 23.2. The molecule has 1 atom stereocenters. The second-order valence-corrected chi connectivity index (χ2v) is 13.4. The number of methoxy groups -OCH3 is 1. The summed E-state index contributed by atoms with van der Waals surface area (Å²) in [7, 11) is 1.59. The zero-order chi connectivity index (χ0) is 35.8. The van der Waals surface area contributed by atoms with Gasteiger partial charge in [-0.1, -0.05) is 66.7 Å². The maximum Gasteiger partial charge on any atom is 0.408 e. The molecular weight excluding hydrogens is 622 g/mol. The number of nitrogens with one attached hydrogen (secondary N) is 2. The number of hydrogen-bond donors (Lipinski definition) is 2. The van der Waals surface area contributed by atoms with Crippen molar-refractivity contribution in [1.82, 2.24) is 9.88 Å². The van der Waals surface area contributed by atoms with Crippen LogP contribution in [-0.4, -0.2) is 41.3 Å². The van der Waals surface area contributed by atoms with Crippen molar-refractivity contribution in [3.8, 4) is 5.75 Å². The molecule has 0 saturated carbocycles. The third-order valence-electron chi connectivity index (χ3n) is 7.98. The molecule has 0 saturated heterocycles. The van der Waals surface area contributed by atoms with Gasteiger partial charge >= 0.3 is 12.1 Å². The SMILES string of the molecule is COc1ccc(Cn2ccc(C)c(NC(=O)[C@H](Cc3ccc(C(C)(C)C(=O)OCc4ccccc4)cc3)NC(=O)OC(C)(C)C)c2=O)cc1. The maximum absolute atomic E-state index is 13.8. The van der Waals surface area contributed by atoms with Crippen LogP contribution >= 0.6 is 0 Å². The number of aryl methyl sites for hydroxylation is 1. The molecule has 10 nitrogen and oxygen atoms in total. The fourth-order valence-corrected chi connectivity index (χ4v) is 5.05. The Labute approximate surface area is 287 Å². The van der Waals surface area contributed by atoms with Crippen molar-refractivity contribution in [3.05, 3.63) is 129 Å². The topological polar surface area (TPSA) is 125 Å². The van der Waals surface area contributed by atoms with Crippen molar-refractivity contribution in [2.75, 3.05) is 12.4 Å². The number of aromatic nitrogens is 1. The maximum atomic E-state index is 13.8. The number of benzene rings is 3. The largest absolute Gasteiger partial charge is 0.497 e. The molecule has 1 aromatic heterocycles. The van der Waals surface area contributed by atoms with Crippen molar-refractivity contribution in [2.45, 2.75) is 78.2 Å². The number of pyridine rings is 1. The molecule has 4 rings (SSSR count). The van der Waals surface area contributed by atoms with Gasteiger partial charge in [-0.2, -0.15) is 0 Å². The highest BCUT2D eigenvalue weighted by molar-refractivity contribution is 5.97. The van der Waals surface area contributed by atoms with E-state index in [1.165, 1.54) is 4.57 Å². The van der Waals surface area contributed by atoms with Crippen LogP contribution in [0.3, 0.4) is 0 Å². The number of rotatable bonds is 12. The number of carbonyl (C=O) groups excluding carboxylic acids is 3. The third kappa shape index (κ3) is 10.1. The van der Waals surface area contributed by atoms with Gasteiger partial charge in [-0.25, -0.2) is 4.79 Å². The lowest BCUT2D eigenvalue weighted by atomic mass is 9.84. The quantitative estimate of drug-likeness (QED) is 0.170. The van der Waals surface area contributed by atoms with Crippen LogP contribution in [0.2, 0.25) is 0 Å². The average molecular weight is 668 g/mol. The van der Waals surface area contributed by atoms with E-state index < -0.39 is 29.1 Å². The first-order valence-corrected chi connectivity index (χ1v) is 16.1. The van der Waals surface area contributed by atoms with E-state index >= 15 is 0 Å². The molecule has 49 heavy (non-hydrogen) atoms. The highest BCUT2D eigenvalue weighted by atomic mass is 16.6. The minimum Gasteiger partial charge on any atom is -0.497 e. The number of anilines is 1. The molecule has 0 aliphatic rings. The fraction of sp³-hybridized carbons (Fsp3) is 0.333. The molecule has 0 aliphatic heterocycles. The van der Waals surface area contributed by atoms with Crippen LogP contribution in [0.25, 0.3) is 0 Å². The Balaban J connectivity index is 1.52. The lowest BCUT2D eigenvalue weighted by Gasteiger charge is -2.25. The lowest BCUT2D eigenvalue weighted by molar-refractivity contribution is -0.150. The summed E-state index contributed by atoms with van der Waals surface area (Å²) < 4.78 is 17.8. The first-order valence-electron chi connectivity index (χ1n) is 16.1. The molecule has 4 aromatic rings. The van der Waals surface area contributed by atoms with Crippen molar-refractivity contribution in [3.63, 3.8) is 0 Å². The predicted molar refractivity (Wildman–Crippen MR) is 189 cm³/mol. The molecule has 0 radical (unpaired) electrons. The molecule has 0 aliphatic carbocycles. The first kappa shape index (κ1) is 36.5. The Hall–Kier alpha value is -5.38. The van der Waals surface area contributed by atoms with Crippen LogP contribution in [0.1, 0.15) is 62.4 Å². The molecule has 0 spiro atoms. The van der Waals surface area contributed by atoms with Crippen molar-refractivity contribution in [1.29, 1.82) is 0 Å². The summed E-state index contributed by atoms with van der Waals surface area (Å²) in [6.07, 6.45) is 0.998. The number of hydrogen-bond acceptors (Lipinski definition) is 7. The molecule has 2 N–H and O–H groups in total. The average Bonchev–Trinajstić information content (AvgIpc) is 3.06. The van der Waals surface area contributed by atoms with Gasteiger partial charge in [0, 0.05) is 12.6 Å². The van der Waals surface area contributed by atoms with E-state index in [2.05, 4.69) is 10.6 Å². The molecule has 258 valence electrons. The second-order valence-electron chi connectivity index (χ2n) is 13.4. The second kappa shape index (κ2) is 15.7. The fourth-order valence-electron chi connectivity index (χ4n) is 5.05. The zero-order valence-corrected chi connectivity index (χ0v) is 29.2. The van der Waals surface area contributed by atoms with Crippen molar-refractivity contribution in [2.24, 2.45) is 0 Å². The summed E-state index contributed by atoms with van der Waals surface area (Å²) in [5.41, 5.74) is 1.80. The van der Waals surface area contributed by atoms with Gasteiger partial charge in [0.15, 0.2) is 0 Å². The molecule has 0 fully saturated rings.